The van der Waals surface area contributed by atoms with E-state index in [0.29, 0.717) is 5.56 Å². The number of ether oxygens (including phenoxy) is 3. The highest BCUT2D eigenvalue weighted by Gasteiger charge is 2.43. The second kappa shape index (κ2) is 9.70. The zero-order chi connectivity index (χ0) is 24.1. The molecule has 9 heteroatoms. The fourth-order valence-corrected chi connectivity index (χ4v) is 3.67. The van der Waals surface area contributed by atoms with Gasteiger partial charge in [-0.2, -0.15) is 5.26 Å². The van der Waals surface area contributed by atoms with Crippen molar-refractivity contribution < 1.29 is 28.6 Å². The van der Waals surface area contributed by atoms with Crippen LogP contribution in [0.15, 0.2) is 77.3 Å². The summed E-state index contributed by atoms with van der Waals surface area (Å²) in [7, 11) is 3.56. The quantitative estimate of drug-likeness (QED) is 0.542. The van der Waals surface area contributed by atoms with Gasteiger partial charge in [0.25, 0.3) is 0 Å². The van der Waals surface area contributed by atoms with Crippen LogP contribution < -0.4 is 10.6 Å². The number of benzene rings is 2. The van der Waals surface area contributed by atoms with Crippen molar-refractivity contribution in [3.05, 3.63) is 88.4 Å². The van der Waals surface area contributed by atoms with Gasteiger partial charge in [-0.3, -0.25) is 4.90 Å². The molecule has 0 saturated heterocycles. The molecule has 3 rings (SSSR count). The summed E-state index contributed by atoms with van der Waals surface area (Å²) in [6, 6.07) is 16.8. The number of nitrogens with zero attached hydrogens (tertiary/aromatic N) is 2. The zero-order valence-electron chi connectivity index (χ0n) is 18.2. The van der Waals surface area contributed by atoms with Gasteiger partial charge >= 0.3 is 17.9 Å². The standard InChI is InChI=1S/C24H21N3O6/c1-31-22(28)15-10-7-11-16(12-15)27-20(24(30)33-3)19(23(29)32-2)18(17(13-25)21(27)26)14-8-5-4-6-9-14/h4-12,18H,26H2,1-3H3. The second-order valence-electron chi connectivity index (χ2n) is 6.88. The highest BCUT2D eigenvalue weighted by molar-refractivity contribution is 6.06. The number of carbonyl (C=O) groups excluding carboxylic acids is 3. The third-order valence-corrected chi connectivity index (χ3v) is 5.14. The van der Waals surface area contributed by atoms with E-state index in [1.165, 1.54) is 31.3 Å². The van der Waals surface area contributed by atoms with Gasteiger partial charge in [-0.25, -0.2) is 14.4 Å². The van der Waals surface area contributed by atoms with Crippen LogP contribution in [0.2, 0.25) is 0 Å². The van der Waals surface area contributed by atoms with E-state index < -0.39 is 23.8 Å². The van der Waals surface area contributed by atoms with Crippen LogP contribution in [0.3, 0.4) is 0 Å². The average Bonchev–Trinajstić information content (AvgIpc) is 2.86. The molecule has 0 saturated carbocycles. The van der Waals surface area contributed by atoms with Gasteiger partial charge < -0.3 is 19.9 Å². The Hall–Kier alpha value is -4.58. The minimum absolute atomic E-state index is 0.0257. The van der Waals surface area contributed by atoms with Crippen molar-refractivity contribution in [3.63, 3.8) is 0 Å². The van der Waals surface area contributed by atoms with E-state index in [4.69, 9.17) is 19.9 Å². The van der Waals surface area contributed by atoms with Crippen LogP contribution >= 0.6 is 0 Å². The molecule has 0 bridgehead atoms. The molecule has 168 valence electrons. The summed E-state index contributed by atoms with van der Waals surface area (Å²) in [5, 5.41) is 10.0. The summed E-state index contributed by atoms with van der Waals surface area (Å²) in [4.78, 5) is 39.3. The Kier molecular flexibility index (Phi) is 6.79. The van der Waals surface area contributed by atoms with Crippen molar-refractivity contribution >= 4 is 23.6 Å². The molecule has 33 heavy (non-hydrogen) atoms. The van der Waals surface area contributed by atoms with Crippen LogP contribution in [0, 0.1) is 11.3 Å². The number of carbonyl (C=O) groups is 3. The van der Waals surface area contributed by atoms with E-state index in [1.807, 2.05) is 0 Å². The van der Waals surface area contributed by atoms with Crippen molar-refractivity contribution in [2.75, 3.05) is 26.2 Å². The van der Waals surface area contributed by atoms with Gasteiger partial charge in [0.05, 0.1) is 50.0 Å². The lowest BCUT2D eigenvalue weighted by atomic mass is 9.81. The molecule has 1 unspecified atom stereocenters. The molecule has 1 heterocycles. The van der Waals surface area contributed by atoms with Crippen molar-refractivity contribution in [2.45, 2.75) is 5.92 Å². The Labute approximate surface area is 190 Å². The first-order valence-corrected chi connectivity index (χ1v) is 9.73. The Balaban J connectivity index is 2.39. The summed E-state index contributed by atoms with van der Waals surface area (Å²) in [5.74, 6) is -3.39. The first kappa shape index (κ1) is 23.1. The number of anilines is 1. The smallest absolute Gasteiger partial charge is 0.355 e. The predicted octanol–water partition coefficient (Wildman–Crippen LogP) is 2.37. The first-order chi connectivity index (χ1) is 15.9. The molecule has 2 N–H and O–H groups in total. The molecule has 0 radical (unpaired) electrons. The van der Waals surface area contributed by atoms with Gasteiger partial charge in [0.2, 0.25) is 0 Å². The van der Waals surface area contributed by atoms with Gasteiger partial charge in [-0.05, 0) is 23.8 Å². The summed E-state index contributed by atoms with van der Waals surface area (Å²) < 4.78 is 14.7. The fraction of sp³-hybridized carbons (Fsp3) is 0.167. The Morgan fingerprint density at radius 1 is 0.909 bits per heavy atom. The van der Waals surface area contributed by atoms with Gasteiger partial charge in [0, 0.05) is 5.69 Å². The number of methoxy groups -OCH3 is 3. The van der Waals surface area contributed by atoms with E-state index in [1.54, 1.807) is 42.5 Å². The monoisotopic (exact) mass is 447 g/mol. The maximum Gasteiger partial charge on any atom is 0.355 e. The number of rotatable bonds is 5. The van der Waals surface area contributed by atoms with Gasteiger partial charge in [-0.15, -0.1) is 0 Å². The maximum atomic E-state index is 13.0. The first-order valence-electron chi connectivity index (χ1n) is 9.73. The maximum absolute atomic E-state index is 13.0. The lowest BCUT2D eigenvalue weighted by Crippen LogP contribution is -2.40. The van der Waals surface area contributed by atoms with Crippen LogP contribution in [-0.2, 0) is 23.8 Å². The Morgan fingerprint density at radius 2 is 1.55 bits per heavy atom. The topological polar surface area (TPSA) is 132 Å². The molecule has 2 aromatic carbocycles. The van der Waals surface area contributed by atoms with Gasteiger partial charge in [0.15, 0.2) is 0 Å². The van der Waals surface area contributed by atoms with Crippen molar-refractivity contribution in [1.82, 2.24) is 0 Å². The van der Waals surface area contributed by atoms with Crippen LogP contribution in [0.5, 0.6) is 0 Å². The molecule has 0 fully saturated rings. The molecule has 1 aliphatic heterocycles. The number of hydrogen-bond donors (Lipinski definition) is 1. The van der Waals surface area contributed by atoms with Crippen molar-refractivity contribution in [2.24, 2.45) is 5.73 Å². The largest absolute Gasteiger partial charge is 0.466 e. The molecule has 0 aliphatic carbocycles. The number of nitriles is 1. The lowest BCUT2D eigenvalue weighted by Gasteiger charge is -2.36. The van der Waals surface area contributed by atoms with E-state index in [0.717, 1.165) is 7.11 Å². The average molecular weight is 447 g/mol. The van der Waals surface area contributed by atoms with Crippen LogP contribution in [-0.4, -0.2) is 39.2 Å². The molecule has 0 amide bonds. The fourth-order valence-electron chi connectivity index (χ4n) is 3.67. The molecule has 1 atom stereocenters. The highest BCUT2D eigenvalue weighted by Crippen LogP contribution is 2.43. The van der Waals surface area contributed by atoms with Crippen LogP contribution in [0.1, 0.15) is 21.8 Å². The number of nitrogens with two attached hydrogens (primary N) is 1. The molecule has 9 nitrogen and oxygen atoms in total. The molecular formula is C24H21N3O6. The minimum atomic E-state index is -0.974. The summed E-state index contributed by atoms with van der Waals surface area (Å²) in [5.41, 5.74) is 7.07. The Bertz CT molecular complexity index is 1210. The van der Waals surface area contributed by atoms with Crippen LogP contribution in [0.4, 0.5) is 5.69 Å². The van der Waals surface area contributed by atoms with E-state index in [9.17, 15) is 19.6 Å². The predicted molar refractivity (Wildman–Crippen MR) is 117 cm³/mol. The zero-order valence-corrected chi connectivity index (χ0v) is 18.2. The van der Waals surface area contributed by atoms with Crippen molar-refractivity contribution in [1.29, 1.82) is 5.26 Å². The molecular weight excluding hydrogens is 426 g/mol. The molecule has 0 aromatic heterocycles. The molecule has 2 aromatic rings. The second-order valence-corrected chi connectivity index (χ2v) is 6.88. The summed E-state index contributed by atoms with van der Waals surface area (Å²) in [6.07, 6.45) is 0. The molecule has 0 spiro atoms. The minimum Gasteiger partial charge on any atom is -0.466 e. The van der Waals surface area contributed by atoms with E-state index in [2.05, 4.69) is 6.07 Å². The van der Waals surface area contributed by atoms with Crippen molar-refractivity contribution in [3.8, 4) is 6.07 Å². The SMILES string of the molecule is COC(=O)C1=C(C(=O)OC)N(c2cccc(C(=O)OC)c2)C(N)=C(C#N)C1c1ccccc1. The summed E-state index contributed by atoms with van der Waals surface area (Å²) in [6.45, 7) is 0. The van der Waals surface area contributed by atoms with E-state index >= 15 is 0 Å². The Morgan fingerprint density at radius 3 is 2.12 bits per heavy atom. The third-order valence-electron chi connectivity index (χ3n) is 5.14. The highest BCUT2D eigenvalue weighted by atomic mass is 16.5. The third kappa shape index (κ3) is 4.14. The lowest BCUT2D eigenvalue weighted by molar-refractivity contribution is -0.139. The number of esters is 3. The number of hydrogen-bond acceptors (Lipinski definition) is 9. The molecule has 1 aliphatic rings. The number of allylic oxidation sites excluding steroid dienone is 1. The van der Waals surface area contributed by atoms with E-state index in [-0.39, 0.29) is 33.9 Å². The summed E-state index contributed by atoms with van der Waals surface area (Å²) >= 11 is 0. The van der Waals surface area contributed by atoms with Crippen LogP contribution in [0.25, 0.3) is 0 Å². The normalized spacial score (nSPS) is 15.6. The van der Waals surface area contributed by atoms with Gasteiger partial charge in [-0.1, -0.05) is 36.4 Å². The van der Waals surface area contributed by atoms with Gasteiger partial charge in [0.1, 0.15) is 11.5 Å².